The largest absolute Gasteiger partial charge is 0.389 e. The molecule has 1 aromatic rings. The number of methoxy groups -OCH3 is 1. The molecule has 0 amide bonds. The Morgan fingerprint density at radius 3 is 2.75 bits per heavy atom. The normalized spacial score (nSPS) is 14.7. The maximum Gasteiger partial charge on any atom is 0.0897 e. The Balaban J connectivity index is 2.23. The van der Waals surface area contributed by atoms with Crippen molar-refractivity contribution in [3.63, 3.8) is 0 Å². The van der Waals surface area contributed by atoms with Gasteiger partial charge in [0.2, 0.25) is 0 Å². The first-order valence-corrected chi connectivity index (χ1v) is 5.51. The van der Waals surface area contributed by atoms with Gasteiger partial charge in [-0.2, -0.15) is 0 Å². The predicted octanol–water partition coefficient (Wildman–Crippen LogP) is 0.609. The van der Waals surface area contributed by atoms with Gasteiger partial charge in [0.1, 0.15) is 0 Å². The maximum absolute atomic E-state index is 9.47. The molecule has 0 spiro atoms. The van der Waals surface area contributed by atoms with Crippen LogP contribution in [0.15, 0.2) is 24.5 Å². The van der Waals surface area contributed by atoms with E-state index in [4.69, 9.17) is 4.74 Å². The summed E-state index contributed by atoms with van der Waals surface area (Å²) in [5, 5.41) is 12.7. The minimum absolute atomic E-state index is 0.328. The first-order valence-electron chi connectivity index (χ1n) is 5.51. The van der Waals surface area contributed by atoms with Crippen LogP contribution in [0.2, 0.25) is 0 Å². The smallest absolute Gasteiger partial charge is 0.0897 e. The van der Waals surface area contributed by atoms with Crippen molar-refractivity contribution in [3.05, 3.63) is 30.1 Å². The van der Waals surface area contributed by atoms with Gasteiger partial charge in [-0.1, -0.05) is 0 Å². The van der Waals surface area contributed by atoms with E-state index in [1.807, 2.05) is 12.1 Å². The van der Waals surface area contributed by atoms with Gasteiger partial charge in [-0.25, -0.2) is 0 Å². The average molecular weight is 224 g/mol. The number of hydrogen-bond acceptors (Lipinski definition) is 4. The lowest BCUT2D eigenvalue weighted by Crippen LogP contribution is -2.36. The molecule has 0 aromatic carbocycles. The summed E-state index contributed by atoms with van der Waals surface area (Å²) in [5.74, 6) is 0. The summed E-state index contributed by atoms with van der Waals surface area (Å²) < 4.78 is 4.86. The van der Waals surface area contributed by atoms with E-state index in [0.717, 1.165) is 6.42 Å². The lowest BCUT2D eigenvalue weighted by molar-refractivity contribution is 0.0631. The molecule has 1 rings (SSSR count). The number of nitrogens with one attached hydrogen (secondary N) is 1. The monoisotopic (exact) mass is 224 g/mol. The van der Waals surface area contributed by atoms with E-state index in [-0.39, 0.29) is 0 Å². The second kappa shape index (κ2) is 7.33. The third kappa shape index (κ3) is 5.21. The highest BCUT2D eigenvalue weighted by atomic mass is 16.5. The Morgan fingerprint density at radius 2 is 2.12 bits per heavy atom. The third-order valence-corrected chi connectivity index (χ3v) is 2.35. The third-order valence-electron chi connectivity index (χ3n) is 2.35. The van der Waals surface area contributed by atoms with Gasteiger partial charge in [-0.3, -0.25) is 4.98 Å². The molecule has 4 heteroatoms. The zero-order valence-electron chi connectivity index (χ0n) is 9.89. The summed E-state index contributed by atoms with van der Waals surface area (Å²) in [7, 11) is 1.59. The van der Waals surface area contributed by atoms with Crippen LogP contribution in [-0.2, 0) is 11.2 Å². The number of pyridine rings is 1. The van der Waals surface area contributed by atoms with Gasteiger partial charge in [-0.15, -0.1) is 0 Å². The van der Waals surface area contributed by atoms with E-state index < -0.39 is 6.10 Å². The van der Waals surface area contributed by atoms with E-state index in [9.17, 15) is 5.11 Å². The fraction of sp³-hybridized carbons (Fsp3) is 0.583. The molecule has 0 aliphatic heterocycles. The van der Waals surface area contributed by atoms with Crippen molar-refractivity contribution in [2.45, 2.75) is 25.5 Å². The highest BCUT2D eigenvalue weighted by Crippen LogP contribution is 2.01. The van der Waals surface area contributed by atoms with Crippen LogP contribution in [0.4, 0.5) is 0 Å². The number of hydrogen-bond donors (Lipinski definition) is 2. The summed E-state index contributed by atoms with van der Waals surface area (Å²) in [6, 6.07) is 4.34. The van der Waals surface area contributed by atoms with Gasteiger partial charge in [0.25, 0.3) is 0 Å². The zero-order chi connectivity index (χ0) is 11.8. The fourth-order valence-corrected chi connectivity index (χ4v) is 1.53. The molecule has 0 saturated heterocycles. The van der Waals surface area contributed by atoms with Crippen LogP contribution in [0.25, 0.3) is 0 Å². The van der Waals surface area contributed by atoms with Crippen molar-refractivity contribution >= 4 is 0 Å². The molecule has 1 aromatic heterocycles. The molecule has 2 atom stereocenters. The summed E-state index contributed by atoms with van der Waals surface area (Å²) in [6.45, 7) is 3.02. The van der Waals surface area contributed by atoms with Crippen molar-refractivity contribution in [1.82, 2.24) is 10.3 Å². The highest BCUT2D eigenvalue weighted by Gasteiger charge is 2.07. The molecule has 0 fully saturated rings. The predicted molar refractivity (Wildman–Crippen MR) is 63.3 cm³/mol. The lowest BCUT2D eigenvalue weighted by atomic mass is 10.1. The van der Waals surface area contributed by atoms with Crippen molar-refractivity contribution in [2.24, 2.45) is 0 Å². The van der Waals surface area contributed by atoms with E-state index in [1.54, 1.807) is 19.5 Å². The van der Waals surface area contributed by atoms with Crippen LogP contribution in [0, 0.1) is 0 Å². The van der Waals surface area contributed by atoms with E-state index in [2.05, 4.69) is 17.2 Å². The number of aromatic nitrogens is 1. The van der Waals surface area contributed by atoms with Crippen molar-refractivity contribution < 1.29 is 9.84 Å². The van der Waals surface area contributed by atoms with Gasteiger partial charge < -0.3 is 15.2 Å². The molecule has 0 aliphatic carbocycles. The van der Waals surface area contributed by atoms with E-state index >= 15 is 0 Å². The number of nitrogens with zero attached hydrogens (tertiary/aromatic N) is 1. The highest BCUT2D eigenvalue weighted by molar-refractivity contribution is 5.10. The topological polar surface area (TPSA) is 54.4 Å². The minimum atomic E-state index is -0.440. The standard InChI is InChI=1S/C12H20N2O2/c1-10(14-8-12(15)9-16-2)7-11-3-5-13-6-4-11/h3-6,10,12,14-15H,7-9H2,1-2H3. The number of aliphatic hydroxyl groups excluding tert-OH is 1. The molecule has 1 heterocycles. The molecule has 4 nitrogen and oxygen atoms in total. The molecular formula is C12H20N2O2. The molecule has 0 radical (unpaired) electrons. The molecule has 90 valence electrons. The van der Waals surface area contributed by atoms with Crippen LogP contribution in [0.3, 0.4) is 0 Å². The van der Waals surface area contributed by atoms with E-state index in [1.165, 1.54) is 5.56 Å². The Morgan fingerprint density at radius 1 is 1.44 bits per heavy atom. The molecule has 0 saturated carbocycles. The Labute approximate surface area is 96.7 Å². The SMILES string of the molecule is COCC(O)CNC(C)Cc1ccncc1. The summed E-state index contributed by atoms with van der Waals surface area (Å²) in [4.78, 5) is 3.97. The summed E-state index contributed by atoms with van der Waals surface area (Å²) >= 11 is 0. The Kier molecular flexibility index (Phi) is 6.00. The van der Waals surface area contributed by atoms with Gasteiger partial charge in [-0.05, 0) is 31.0 Å². The maximum atomic E-state index is 9.47. The molecule has 16 heavy (non-hydrogen) atoms. The Hall–Kier alpha value is -0.970. The molecule has 0 aliphatic rings. The van der Waals surface area contributed by atoms with Crippen LogP contribution >= 0.6 is 0 Å². The Bertz CT molecular complexity index is 280. The van der Waals surface area contributed by atoms with E-state index in [0.29, 0.717) is 19.2 Å². The number of aliphatic hydroxyl groups is 1. The molecule has 0 bridgehead atoms. The van der Waals surface area contributed by atoms with Crippen LogP contribution in [0.5, 0.6) is 0 Å². The van der Waals surface area contributed by atoms with Gasteiger partial charge in [0.15, 0.2) is 0 Å². The quantitative estimate of drug-likeness (QED) is 0.712. The van der Waals surface area contributed by atoms with Gasteiger partial charge >= 0.3 is 0 Å². The second-order valence-corrected chi connectivity index (χ2v) is 3.98. The van der Waals surface area contributed by atoms with Gasteiger partial charge in [0, 0.05) is 32.1 Å². The zero-order valence-corrected chi connectivity index (χ0v) is 9.89. The molecular weight excluding hydrogens is 204 g/mol. The summed E-state index contributed by atoms with van der Waals surface area (Å²) in [6.07, 6.45) is 4.08. The first kappa shape index (κ1) is 13.1. The van der Waals surface area contributed by atoms with Gasteiger partial charge in [0.05, 0.1) is 12.7 Å². The van der Waals surface area contributed by atoms with Crippen LogP contribution < -0.4 is 5.32 Å². The van der Waals surface area contributed by atoms with Crippen molar-refractivity contribution in [1.29, 1.82) is 0 Å². The van der Waals surface area contributed by atoms with Crippen molar-refractivity contribution in [3.8, 4) is 0 Å². The van der Waals surface area contributed by atoms with Crippen LogP contribution in [-0.4, -0.2) is 42.5 Å². The van der Waals surface area contributed by atoms with Crippen LogP contribution in [0.1, 0.15) is 12.5 Å². The molecule has 2 unspecified atom stereocenters. The average Bonchev–Trinajstić information content (AvgIpc) is 2.28. The second-order valence-electron chi connectivity index (χ2n) is 3.98. The van der Waals surface area contributed by atoms with Crippen molar-refractivity contribution in [2.75, 3.05) is 20.3 Å². The lowest BCUT2D eigenvalue weighted by Gasteiger charge is -2.16. The first-order chi connectivity index (χ1) is 7.72. The number of rotatable bonds is 7. The number of ether oxygens (including phenoxy) is 1. The minimum Gasteiger partial charge on any atom is -0.389 e. The molecule has 2 N–H and O–H groups in total. The summed E-state index contributed by atoms with van der Waals surface area (Å²) in [5.41, 5.74) is 1.25. The fourth-order valence-electron chi connectivity index (χ4n) is 1.53.